The van der Waals surface area contributed by atoms with Gasteiger partial charge in [0.05, 0.1) is 0 Å². The molecule has 13 heavy (non-hydrogen) atoms. The van der Waals surface area contributed by atoms with Crippen molar-refractivity contribution in [1.82, 2.24) is 0 Å². The summed E-state index contributed by atoms with van der Waals surface area (Å²) in [5.41, 5.74) is 2.66. The third-order valence-electron chi connectivity index (χ3n) is 2.02. The molecule has 2 aromatic rings. The van der Waals surface area contributed by atoms with Crippen LogP contribution in [-0.2, 0) is 6.42 Å². The van der Waals surface area contributed by atoms with Crippen LogP contribution in [0.25, 0.3) is 0 Å². The van der Waals surface area contributed by atoms with Crippen LogP contribution < -0.4 is 0 Å². The highest BCUT2D eigenvalue weighted by Gasteiger charge is 1.92. The summed E-state index contributed by atoms with van der Waals surface area (Å²) in [7, 11) is 0. The van der Waals surface area contributed by atoms with Gasteiger partial charge in [0.15, 0.2) is 0 Å². The predicted octanol–water partition coefficient (Wildman–Crippen LogP) is 3.08. The molecule has 0 nitrogen and oxygen atoms in total. The van der Waals surface area contributed by atoms with Crippen molar-refractivity contribution in [3.05, 3.63) is 71.8 Å². The van der Waals surface area contributed by atoms with E-state index in [1.54, 1.807) is 0 Å². The lowest BCUT2D eigenvalue weighted by atomic mass is 10.1. The van der Waals surface area contributed by atoms with E-state index in [4.69, 9.17) is 0 Å². The van der Waals surface area contributed by atoms with Gasteiger partial charge in [-0.15, -0.1) is 0 Å². The standard InChI is InChI=1S/C13H11/c1-3-7-12(8-4-1)11-13-9-5-2-6-10-13/h1-5,7-10H,11H2. The SMILES string of the molecule is [c]1cccc(Cc2ccccc2)c1. The van der Waals surface area contributed by atoms with E-state index in [1.807, 2.05) is 24.3 Å². The van der Waals surface area contributed by atoms with Crippen LogP contribution in [0.15, 0.2) is 54.6 Å². The normalized spacial score (nSPS) is 9.85. The van der Waals surface area contributed by atoms with Gasteiger partial charge in [-0.1, -0.05) is 54.6 Å². The highest BCUT2D eigenvalue weighted by atomic mass is 14.0. The Morgan fingerprint density at radius 1 is 0.846 bits per heavy atom. The zero-order valence-corrected chi connectivity index (χ0v) is 7.40. The van der Waals surface area contributed by atoms with Crippen LogP contribution in [-0.4, -0.2) is 0 Å². The van der Waals surface area contributed by atoms with E-state index in [-0.39, 0.29) is 0 Å². The summed E-state index contributed by atoms with van der Waals surface area (Å²) in [5, 5.41) is 0. The first kappa shape index (κ1) is 8.06. The van der Waals surface area contributed by atoms with Gasteiger partial charge in [0.1, 0.15) is 0 Å². The van der Waals surface area contributed by atoms with E-state index in [2.05, 4.69) is 36.4 Å². The van der Waals surface area contributed by atoms with Gasteiger partial charge < -0.3 is 0 Å². The molecule has 2 aromatic carbocycles. The smallest absolute Gasteiger partial charge is 0.00256 e. The average Bonchev–Trinajstić information content (AvgIpc) is 2.21. The van der Waals surface area contributed by atoms with Crippen LogP contribution in [0.5, 0.6) is 0 Å². The Balaban J connectivity index is 2.16. The summed E-state index contributed by atoms with van der Waals surface area (Å²) in [4.78, 5) is 0. The van der Waals surface area contributed by atoms with Gasteiger partial charge >= 0.3 is 0 Å². The van der Waals surface area contributed by atoms with Crippen LogP contribution in [0.3, 0.4) is 0 Å². The zero-order valence-electron chi connectivity index (χ0n) is 7.40. The van der Waals surface area contributed by atoms with Crippen molar-refractivity contribution in [3.63, 3.8) is 0 Å². The largest absolute Gasteiger partial charge is 0.0622 e. The summed E-state index contributed by atoms with van der Waals surface area (Å²) in [6.07, 6.45) is 0.998. The maximum Gasteiger partial charge on any atom is -0.00256 e. The first-order valence-electron chi connectivity index (χ1n) is 4.44. The second-order valence-corrected chi connectivity index (χ2v) is 3.07. The molecule has 63 valence electrons. The Hall–Kier alpha value is -1.56. The predicted molar refractivity (Wildman–Crippen MR) is 54.5 cm³/mol. The fourth-order valence-corrected chi connectivity index (χ4v) is 1.37. The van der Waals surface area contributed by atoms with Crippen molar-refractivity contribution in [2.24, 2.45) is 0 Å². The highest BCUT2D eigenvalue weighted by Crippen LogP contribution is 2.07. The molecule has 0 unspecified atom stereocenters. The maximum absolute atomic E-state index is 3.08. The number of hydrogen-bond acceptors (Lipinski definition) is 0. The zero-order chi connectivity index (χ0) is 8.93. The van der Waals surface area contributed by atoms with Crippen molar-refractivity contribution in [1.29, 1.82) is 0 Å². The Bertz CT molecular complexity index is 311. The molecule has 0 saturated carbocycles. The Morgan fingerprint density at radius 3 is 2.31 bits per heavy atom. The highest BCUT2D eigenvalue weighted by molar-refractivity contribution is 5.24. The molecule has 0 aromatic heterocycles. The van der Waals surface area contributed by atoms with E-state index in [0.29, 0.717) is 0 Å². The molecule has 0 saturated heterocycles. The van der Waals surface area contributed by atoms with E-state index >= 15 is 0 Å². The molecular formula is C13H11. The molecule has 0 atom stereocenters. The lowest BCUT2D eigenvalue weighted by molar-refractivity contribution is 1.19. The van der Waals surface area contributed by atoms with E-state index < -0.39 is 0 Å². The number of benzene rings is 2. The fraction of sp³-hybridized carbons (Fsp3) is 0.0769. The molecule has 0 heterocycles. The fourth-order valence-electron chi connectivity index (χ4n) is 1.37. The third kappa shape index (κ3) is 2.19. The van der Waals surface area contributed by atoms with Gasteiger partial charge in [-0.05, 0) is 23.6 Å². The molecule has 0 aliphatic heterocycles. The molecule has 0 amide bonds. The Morgan fingerprint density at radius 2 is 1.62 bits per heavy atom. The van der Waals surface area contributed by atoms with Crippen molar-refractivity contribution >= 4 is 0 Å². The summed E-state index contributed by atoms with van der Waals surface area (Å²) in [6.45, 7) is 0. The third-order valence-corrected chi connectivity index (χ3v) is 2.02. The van der Waals surface area contributed by atoms with Crippen LogP contribution in [0.2, 0.25) is 0 Å². The molecular weight excluding hydrogens is 156 g/mol. The number of rotatable bonds is 2. The van der Waals surface area contributed by atoms with Gasteiger partial charge in [0.2, 0.25) is 0 Å². The van der Waals surface area contributed by atoms with Gasteiger partial charge in [-0.2, -0.15) is 0 Å². The molecule has 0 aliphatic carbocycles. The molecule has 0 aliphatic rings. The first-order chi connectivity index (χ1) is 6.45. The second kappa shape index (κ2) is 3.90. The number of hydrogen-bond donors (Lipinski definition) is 0. The first-order valence-corrected chi connectivity index (χ1v) is 4.44. The molecule has 0 fully saturated rings. The van der Waals surface area contributed by atoms with Crippen LogP contribution in [0.4, 0.5) is 0 Å². The lowest BCUT2D eigenvalue weighted by Crippen LogP contribution is -1.85. The quantitative estimate of drug-likeness (QED) is 0.644. The van der Waals surface area contributed by atoms with Gasteiger partial charge in [0.25, 0.3) is 0 Å². The van der Waals surface area contributed by atoms with Crippen LogP contribution >= 0.6 is 0 Å². The van der Waals surface area contributed by atoms with Crippen molar-refractivity contribution < 1.29 is 0 Å². The van der Waals surface area contributed by atoms with Gasteiger partial charge in [0, 0.05) is 0 Å². The maximum atomic E-state index is 3.08. The molecule has 0 spiro atoms. The summed E-state index contributed by atoms with van der Waals surface area (Å²) in [6, 6.07) is 21.7. The minimum Gasteiger partial charge on any atom is -0.0622 e. The lowest BCUT2D eigenvalue weighted by Gasteiger charge is -1.99. The van der Waals surface area contributed by atoms with Crippen LogP contribution in [0, 0.1) is 6.07 Å². The summed E-state index contributed by atoms with van der Waals surface area (Å²) >= 11 is 0. The molecule has 1 radical (unpaired) electrons. The molecule has 0 bridgehead atoms. The summed E-state index contributed by atoms with van der Waals surface area (Å²) < 4.78 is 0. The van der Waals surface area contributed by atoms with Gasteiger partial charge in [-0.3, -0.25) is 0 Å². The van der Waals surface area contributed by atoms with Crippen molar-refractivity contribution in [2.75, 3.05) is 0 Å². The topological polar surface area (TPSA) is 0 Å². The Kier molecular flexibility index (Phi) is 2.42. The molecule has 2 rings (SSSR count). The van der Waals surface area contributed by atoms with Crippen molar-refractivity contribution in [2.45, 2.75) is 6.42 Å². The van der Waals surface area contributed by atoms with E-state index in [1.165, 1.54) is 11.1 Å². The van der Waals surface area contributed by atoms with Crippen LogP contribution in [0.1, 0.15) is 11.1 Å². The second-order valence-electron chi connectivity index (χ2n) is 3.07. The monoisotopic (exact) mass is 167 g/mol. The molecule has 0 N–H and O–H groups in total. The Labute approximate surface area is 78.9 Å². The average molecular weight is 167 g/mol. The minimum absolute atomic E-state index is 0.998. The van der Waals surface area contributed by atoms with E-state index in [9.17, 15) is 0 Å². The van der Waals surface area contributed by atoms with E-state index in [0.717, 1.165) is 6.42 Å². The minimum atomic E-state index is 0.998. The molecule has 0 heteroatoms. The van der Waals surface area contributed by atoms with Crippen molar-refractivity contribution in [3.8, 4) is 0 Å². The van der Waals surface area contributed by atoms with Gasteiger partial charge in [-0.25, -0.2) is 0 Å². The summed E-state index contributed by atoms with van der Waals surface area (Å²) in [5.74, 6) is 0.